The second kappa shape index (κ2) is 11.4. The van der Waals surface area contributed by atoms with Gasteiger partial charge in [0.05, 0.1) is 24.6 Å². The first-order valence-corrected chi connectivity index (χ1v) is 10.4. The van der Waals surface area contributed by atoms with Gasteiger partial charge in [0.1, 0.15) is 18.6 Å². The Morgan fingerprint density at radius 3 is 2.54 bits per heavy atom. The van der Waals surface area contributed by atoms with Gasteiger partial charge >= 0.3 is 0 Å². The molecule has 0 atom stereocenters. The van der Waals surface area contributed by atoms with E-state index in [-0.39, 0.29) is 18.1 Å². The monoisotopic (exact) mass is 488 g/mol. The fourth-order valence-corrected chi connectivity index (χ4v) is 3.19. The molecule has 0 N–H and O–H groups in total. The Balaban J connectivity index is 0.00000108. The molecule has 0 saturated heterocycles. The second-order valence-corrected chi connectivity index (χ2v) is 7.48. The number of ether oxygens (including phenoxy) is 1. The maximum absolute atomic E-state index is 13.4. The maximum Gasteiger partial charge on any atom is 0.270 e. The Bertz CT molecular complexity index is 1250. The van der Waals surface area contributed by atoms with Crippen LogP contribution in [0.1, 0.15) is 23.7 Å². The minimum atomic E-state index is -2.91. The van der Waals surface area contributed by atoms with Gasteiger partial charge in [-0.25, -0.2) is 8.78 Å². The molecule has 2 aromatic heterocycles. The minimum Gasteiger partial charge on any atom is -0.487 e. The topological polar surface area (TPSA) is 92.3 Å². The Labute approximate surface area is 199 Å². The van der Waals surface area contributed by atoms with Crippen molar-refractivity contribution in [3.63, 3.8) is 0 Å². The number of carbonyl (C=O) groups is 1. The highest BCUT2D eigenvalue weighted by molar-refractivity contribution is 5.63. The zero-order valence-electron chi connectivity index (χ0n) is 19.2. The van der Waals surface area contributed by atoms with Crippen LogP contribution in [0.25, 0.3) is 22.8 Å². The van der Waals surface area contributed by atoms with Crippen LogP contribution in [-0.4, -0.2) is 33.3 Å². The molecule has 0 spiro atoms. The molecule has 2 aromatic carbocycles. The number of nitrogens with zero attached hydrogens (tertiary/aromatic N) is 4. The van der Waals surface area contributed by atoms with Crippen LogP contribution in [0.15, 0.2) is 59.3 Å². The Morgan fingerprint density at radius 2 is 1.89 bits per heavy atom. The number of aldehydes is 1. The van der Waals surface area contributed by atoms with Gasteiger partial charge in [0.2, 0.25) is 5.82 Å². The first-order valence-electron chi connectivity index (χ1n) is 10.4. The van der Waals surface area contributed by atoms with Crippen molar-refractivity contribution < 1.29 is 32.3 Å². The van der Waals surface area contributed by atoms with E-state index in [4.69, 9.17) is 9.26 Å². The molecule has 8 nitrogen and oxygen atoms in total. The first-order chi connectivity index (χ1) is 16.8. The molecule has 4 aromatic rings. The summed E-state index contributed by atoms with van der Waals surface area (Å²) in [6.45, 7) is 0.974. The van der Waals surface area contributed by atoms with Crippen molar-refractivity contribution in [2.75, 3.05) is 7.11 Å². The standard InChI is InChI=1S/C23H20F2N4O3.CH3FO/c1-23(24,25)17-6-8-18(9-7-17)31-14-20-19(13-26-29(20)2)22-27-21(28-32-22)16-5-3-4-15(12-16)10-11-30;1-3-2/h3-9,11-13H,10,14H2,1-2H3;1H3. The molecule has 0 fully saturated rings. The van der Waals surface area contributed by atoms with E-state index in [1.54, 1.807) is 17.9 Å². The number of hydrogen-bond donors (Lipinski definition) is 0. The number of rotatable bonds is 8. The number of hydrogen-bond acceptors (Lipinski definition) is 7. The van der Waals surface area contributed by atoms with Crippen molar-refractivity contribution in [1.29, 1.82) is 0 Å². The van der Waals surface area contributed by atoms with Gasteiger partial charge in [-0.05, 0) is 40.4 Å². The van der Waals surface area contributed by atoms with Gasteiger partial charge in [-0.2, -0.15) is 15.0 Å². The van der Waals surface area contributed by atoms with Crippen LogP contribution in [0.5, 0.6) is 5.75 Å². The van der Waals surface area contributed by atoms with Crippen LogP contribution < -0.4 is 4.74 Å². The molecule has 4 rings (SSSR count). The van der Waals surface area contributed by atoms with Gasteiger partial charge in [0, 0.05) is 31.5 Å². The second-order valence-electron chi connectivity index (χ2n) is 7.48. The quantitative estimate of drug-likeness (QED) is 0.319. The summed E-state index contributed by atoms with van der Waals surface area (Å²) in [5, 5.41) is 8.29. The van der Waals surface area contributed by atoms with Crippen molar-refractivity contribution in [1.82, 2.24) is 19.9 Å². The Kier molecular flexibility index (Phi) is 8.37. The molecular formula is C24H23F3N4O4. The highest BCUT2D eigenvalue weighted by Crippen LogP contribution is 2.29. The van der Waals surface area contributed by atoms with Gasteiger partial charge in [-0.15, -0.1) is 0 Å². The van der Waals surface area contributed by atoms with Gasteiger partial charge in [0.25, 0.3) is 11.8 Å². The number of benzene rings is 2. The lowest BCUT2D eigenvalue weighted by atomic mass is 10.1. The molecule has 11 heteroatoms. The van der Waals surface area contributed by atoms with Gasteiger partial charge < -0.3 is 14.1 Å². The van der Waals surface area contributed by atoms with Gasteiger partial charge in [-0.3, -0.25) is 4.68 Å². The van der Waals surface area contributed by atoms with E-state index in [1.165, 1.54) is 24.3 Å². The van der Waals surface area contributed by atoms with Gasteiger partial charge in [0.15, 0.2) is 0 Å². The summed E-state index contributed by atoms with van der Waals surface area (Å²) in [5.41, 5.74) is 2.79. The average molecular weight is 488 g/mol. The third-order valence-electron chi connectivity index (χ3n) is 4.96. The van der Waals surface area contributed by atoms with E-state index in [2.05, 4.69) is 20.2 Å². The third-order valence-corrected chi connectivity index (χ3v) is 4.96. The molecule has 35 heavy (non-hydrogen) atoms. The molecule has 0 unspecified atom stereocenters. The summed E-state index contributed by atoms with van der Waals surface area (Å²) in [7, 11) is 2.71. The normalized spacial score (nSPS) is 11.0. The zero-order chi connectivity index (χ0) is 25.4. The Hall–Kier alpha value is -3.99. The van der Waals surface area contributed by atoms with E-state index in [9.17, 15) is 18.1 Å². The number of halogens is 3. The summed E-state index contributed by atoms with van der Waals surface area (Å²) in [6, 6.07) is 13.0. The predicted molar refractivity (Wildman–Crippen MR) is 120 cm³/mol. The predicted octanol–water partition coefficient (Wildman–Crippen LogP) is 5.09. The molecule has 0 aliphatic rings. The zero-order valence-corrected chi connectivity index (χ0v) is 19.2. The number of alkyl halides is 2. The SMILES string of the molecule is COF.Cn1ncc(-c2nc(-c3cccc(CC=O)c3)no2)c1COc1ccc(C(C)(F)F)cc1. The lowest BCUT2D eigenvalue weighted by molar-refractivity contribution is -0.107. The van der Waals surface area contributed by atoms with Crippen molar-refractivity contribution in [2.45, 2.75) is 25.9 Å². The average Bonchev–Trinajstić information content (AvgIpc) is 3.45. The minimum absolute atomic E-state index is 0.0818. The summed E-state index contributed by atoms with van der Waals surface area (Å²) in [4.78, 5) is 18.0. The molecule has 0 amide bonds. The van der Waals surface area contributed by atoms with Crippen molar-refractivity contribution in [2.24, 2.45) is 7.05 Å². The van der Waals surface area contributed by atoms with Crippen LogP contribution in [-0.2, 0) is 35.7 Å². The fraction of sp³-hybridized carbons (Fsp3) is 0.250. The van der Waals surface area contributed by atoms with Crippen LogP contribution in [0.2, 0.25) is 0 Å². The summed E-state index contributed by atoms with van der Waals surface area (Å²) in [5.74, 6) is -1.80. The summed E-state index contributed by atoms with van der Waals surface area (Å²) >= 11 is 0. The number of carbonyl (C=O) groups excluding carboxylic acids is 1. The largest absolute Gasteiger partial charge is 0.487 e. The first kappa shape index (κ1) is 25.6. The van der Waals surface area contributed by atoms with Crippen LogP contribution >= 0.6 is 0 Å². The van der Waals surface area contributed by atoms with Crippen LogP contribution in [0.4, 0.5) is 13.3 Å². The highest BCUT2D eigenvalue weighted by Gasteiger charge is 2.24. The lowest BCUT2D eigenvalue weighted by Crippen LogP contribution is -2.07. The highest BCUT2D eigenvalue weighted by atomic mass is 19.3. The summed E-state index contributed by atoms with van der Waals surface area (Å²) < 4.78 is 49.4. The molecule has 0 bridgehead atoms. The van der Waals surface area contributed by atoms with E-state index >= 15 is 0 Å². The van der Waals surface area contributed by atoms with E-state index in [0.29, 0.717) is 29.3 Å². The van der Waals surface area contributed by atoms with Crippen LogP contribution in [0.3, 0.4) is 0 Å². The molecule has 2 heterocycles. The lowest BCUT2D eigenvalue weighted by Gasteiger charge is -2.12. The fourth-order valence-electron chi connectivity index (χ4n) is 3.19. The summed E-state index contributed by atoms with van der Waals surface area (Å²) in [6.07, 6.45) is 2.74. The van der Waals surface area contributed by atoms with E-state index < -0.39 is 5.92 Å². The van der Waals surface area contributed by atoms with Crippen LogP contribution in [0, 0.1) is 0 Å². The maximum atomic E-state index is 13.4. The van der Waals surface area contributed by atoms with Gasteiger partial charge in [-0.1, -0.05) is 23.4 Å². The van der Waals surface area contributed by atoms with Crippen molar-refractivity contribution in [3.8, 4) is 28.6 Å². The van der Waals surface area contributed by atoms with E-state index in [1.807, 2.05) is 24.3 Å². The molecule has 0 radical (unpaired) electrons. The van der Waals surface area contributed by atoms with Crippen molar-refractivity contribution >= 4 is 6.29 Å². The molecule has 184 valence electrons. The molecule has 0 aliphatic heterocycles. The number of aromatic nitrogens is 4. The number of aryl methyl sites for hydroxylation is 1. The van der Waals surface area contributed by atoms with E-state index in [0.717, 1.165) is 31.4 Å². The molecular weight excluding hydrogens is 465 g/mol. The molecule has 0 saturated carbocycles. The Morgan fingerprint density at radius 1 is 1.17 bits per heavy atom. The van der Waals surface area contributed by atoms with Crippen molar-refractivity contribution in [3.05, 3.63) is 71.5 Å². The molecule has 0 aliphatic carbocycles. The smallest absolute Gasteiger partial charge is 0.270 e. The third kappa shape index (κ3) is 6.54.